The van der Waals surface area contributed by atoms with E-state index in [4.69, 9.17) is 0 Å². The average Bonchev–Trinajstić information content (AvgIpc) is 3.49. The van der Waals surface area contributed by atoms with Crippen LogP contribution in [0, 0.1) is 5.92 Å². The largest absolute Gasteiger partial charge is 0.330 e. The molecule has 2 saturated heterocycles. The van der Waals surface area contributed by atoms with Crippen LogP contribution >= 0.6 is 0 Å². The van der Waals surface area contributed by atoms with Crippen molar-refractivity contribution in [2.24, 2.45) is 5.92 Å². The second kappa shape index (κ2) is 8.64. The number of carbonyl (C=O) groups is 2. The third kappa shape index (κ3) is 4.38. The zero-order chi connectivity index (χ0) is 21.3. The van der Waals surface area contributed by atoms with Crippen molar-refractivity contribution in [1.82, 2.24) is 14.1 Å². The molecule has 3 aliphatic rings. The number of benzene rings is 1. The SMILES string of the molecule is CCN1CCN(S(=O)(=O)c2cccc(NC(=O)C3CCCN3C(=O)C3CC3)c2)CC1. The molecule has 1 aliphatic carbocycles. The Morgan fingerprint density at radius 3 is 2.47 bits per heavy atom. The molecule has 9 heteroatoms. The van der Waals surface area contributed by atoms with Gasteiger partial charge in [0.1, 0.15) is 6.04 Å². The summed E-state index contributed by atoms with van der Waals surface area (Å²) in [6.07, 6.45) is 3.28. The summed E-state index contributed by atoms with van der Waals surface area (Å²) < 4.78 is 27.6. The van der Waals surface area contributed by atoms with Crippen LogP contribution in [-0.2, 0) is 19.6 Å². The van der Waals surface area contributed by atoms with Gasteiger partial charge in [-0.3, -0.25) is 9.59 Å². The van der Waals surface area contributed by atoms with E-state index in [9.17, 15) is 18.0 Å². The minimum absolute atomic E-state index is 0.0789. The number of carbonyl (C=O) groups excluding carboxylic acids is 2. The Kier molecular flexibility index (Phi) is 6.13. The van der Waals surface area contributed by atoms with E-state index < -0.39 is 16.1 Å². The van der Waals surface area contributed by atoms with Crippen molar-refractivity contribution in [3.05, 3.63) is 24.3 Å². The fraction of sp³-hybridized carbons (Fsp3) is 0.619. The van der Waals surface area contributed by atoms with Crippen LogP contribution in [0.4, 0.5) is 5.69 Å². The standard InChI is InChI=1S/C21H30N4O4S/c1-2-23-11-13-24(14-12-23)30(28,29)18-6-3-5-17(15-18)22-20(26)19-7-4-10-25(19)21(27)16-8-9-16/h3,5-6,15-16,19H,2,4,7-14H2,1H3,(H,22,26). The summed E-state index contributed by atoms with van der Waals surface area (Å²) in [5.74, 6) is -0.0807. The molecule has 0 spiro atoms. The minimum Gasteiger partial charge on any atom is -0.330 e. The van der Waals surface area contributed by atoms with Gasteiger partial charge in [-0.15, -0.1) is 0 Å². The molecule has 1 saturated carbocycles. The maximum atomic E-state index is 13.0. The molecule has 0 aromatic heterocycles. The molecule has 30 heavy (non-hydrogen) atoms. The predicted octanol–water partition coefficient (Wildman–Crippen LogP) is 1.35. The molecular weight excluding hydrogens is 404 g/mol. The fourth-order valence-corrected chi connectivity index (χ4v) is 5.73. The monoisotopic (exact) mass is 434 g/mol. The molecule has 8 nitrogen and oxygen atoms in total. The van der Waals surface area contributed by atoms with Crippen molar-refractivity contribution in [2.45, 2.75) is 43.5 Å². The first-order chi connectivity index (χ1) is 14.4. The summed E-state index contributed by atoms with van der Waals surface area (Å²) in [6, 6.07) is 5.94. The van der Waals surface area contributed by atoms with Crippen LogP contribution in [0.25, 0.3) is 0 Å². The summed E-state index contributed by atoms with van der Waals surface area (Å²) in [4.78, 5) is 29.4. The summed E-state index contributed by atoms with van der Waals surface area (Å²) in [5.41, 5.74) is 0.444. The van der Waals surface area contributed by atoms with Gasteiger partial charge in [0, 0.05) is 44.3 Å². The van der Waals surface area contributed by atoms with Gasteiger partial charge in [0.25, 0.3) is 0 Å². The highest BCUT2D eigenvalue weighted by atomic mass is 32.2. The van der Waals surface area contributed by atoms with Crippen LogP contribution in [0.2, 0.25) is 0 Å². The van der Waals surface area contributed by atoms with E-state index >= 15 is 0 Å². The number of likely N-dealkylation sites (N-methyl/N-ethyl adjacent to an activating group) is 1. The van der Waals surface area contributed by atoms with Crippen LogP contribution < -0.4 is 5.32 Å². The van der Waals surface area contributed by atoms with Gasteiger partial charge in [0.05, 0.1) is 4.90 Å². The minimum atomic E-state index is -3.61. The number of nitrogens with zero attached hydrogens (tertiary/aromatic N) is 3. The van der Waals surface area contributed by atoms with Crippen molar-refractivity contribution < 1.29 is 18.0 Å². The number of likely N-dealkylation sites (tertiary alicyclic amines) is 1. The molecule has 164 valence electrons. The summed E-state index contributed by atoms with van der Waals surface area (Å²) >= 11 is 0. The quantitative estimate of drug-likeness (QED) is 0.730. The second-order valence-electron chi connectivity index (χ2n) is 8.32. The van der Waals surface area contributed by atoms with Gasteiger partial charge in [-0.05, 0) is 50.4 Å². The van der Waals surface area contributed by atoms with Gasteiger partial charge >= 0.3 is 0 Å². The fourth-order valence-electron chi connectivity index (χ4n) is 4.26. The summed E-state index contributed by atoms with van der Waals surface area (Å²) in [7, 11) is -3.61. The molecule has 1 aromatic carbocycles. The Morgan fingerprint density at radius 2 is 1.80 bits per heavy atom. The van der Waals surface area contributed by atoms with E-state index in [2.05, 4.69) is 17.1 Å². The van der Waals surface area contributed by atoms with Crippen LogP contribution in [-0.4, -0.2) is 79.6 Å². The van der Waals surface area contributed by atoms with Crippen molar-refractivity contribution in [2.75, 3.05) is 44.6 Å². The lowest BCUT2D eigenvalue weighted by molar-refractivity contribution is -0.137. The lowest BCUT2D eigenvalue weighted by Crippen LogP contribution is -2.48. The number of piperazine rings is 1. The molecular formula is C21H30N4O4S. The average molecular weight is 435 g/mol. The van der Waals surface area contributed by atoms with E-state index in [0.29, 0.717) is 31.7 Å². The van der Waals surface area contributed by atoms with E-state index in [1.807, 2.05) is 0 Å². The van der Waals surface area contributed by atoms with Gasteiger partial charge in [-0.1, -0.05) is 13.0 Å². The van der Waals surface area contributed by atoms with E-state index in [1.165, 1.54) is 10.4 Å². The van der Waals surface area contributed by atoms with Gasteiger partial charge in [-0.2, -0.15) is 4.31 Å². The molecule has 0 bridgehead atoms. The molecule has 3 fully saturated rings. The number of hydrogen-bond acceptors (Lipinski definition) is 5. The lowest BCUT2D eigenvalue weighted by atomic mass is 10.2. The normalized spacial score (nSPS) is 23.5. The molecule has 4 rings (SSSR count). The highest BCUT2D eigenvalue weighted by Gasteiger charge is 2.41. The van der Waals surface area contributed by atoms with Gasteiger partial charge in [0.2, 0.25) is 21.8 Å². The summed E-state index contributed by atoms with van der Waals surface area (Å²) in [6.45, 7) is 5.97. The predicted molar refractivity (Wildman–Crippen MR) is 113 cm³/mol. The van der Waals surface area contributed by atoms with Crippen molar-refractivity contribution in [3.63, 3.8) is 0 Å². The Morgan fingerprint density at radius 1 is 1.07 bits per heavy atom. The number of sulfonamides is 1. The Balaban J connectivity index is 1.44. The number of rotatable bonds is 6. The van der Waals surface area contributed by atoms with Gasteiger partial charge in [-0.25, -0.2) is 8.42 Å². The van der Waals surface area contributed by atoms with Crippen molar-refractivity contribution in [3.8, 4) is 0 Å². The van der Waals surface area contributed by atoms with E-state index in [-0.39, 0.29) is 22.6 Å². The zero-order valence-corrected chi connectivity index (χ0v) is 18.2. The third-order valence-electron chi connectivity index (χ3n) is 6.28. The smallest absolute Gasteiger partial charge is 0.247 e. The Bertz CT molecular complexity index is 907. The molecule has 1 atom stereocenters. The Labute approximate surface area is 178 Å². The van der Waals surface area contributed by atoms with Gasteiger partial charge in [0.15, 0.2) is 0 Å². The lowest BCUT2D eigenvalue weighted by Gasteiger charge is -2.33. The molecule has 1 unspecified atom stereocenters. The van der Waals surface area contributed by atoms with Crippen LogP contribution in [0.3, 0.4) is 0 Å². The first kappa shape index (κ1) is 21.3. The van der Waals surface area contributed by atoms with Crippen molar-refractivity contribution >= 4 is 27.5 Å². The highest BCUT2D eigenvalue weighted by molar-refractivity contribution is 7.89. The maximum absolute atomic E-state index is 13.0. The Hall–Kier alpha value is -1.97. The molecule has 1 aromatic rings. The van der Waals surface area contributed by atoms with Crippen LogP contribution in [0.15, 0.2) is 29.2 Å². The first-order valence-electron chi connectivity index (χ1n) is 10.8. The molecule has 2 heterocycles. The number of nitrogens with one attached hydrogen (secondary N) is 1. The highest BCUT2D eigenvalue weighted by Crippen LogP contribution is 2.34. The topological polar surface area (TPSA) is 90.0 Å². The third-order valence-corrected chi connectivity index (χ3v) is 8.18. The van der Waals surface area contributed by atoms with E-state index in [0.717, 1.165) is 38.9 Å². The second-order valence-corrected chi connectivity index (χ2v) is 10.3. The van der Waals surface area contributed by atoms with Gasteiger partial charge < -0.3 is 15.1 Å². The van der Waals surface area contributed by atoms with Crippen LogP contribution in [0.1, 0.15) is 32.6 Å². The number of anilines is 1. The van der Waals surface area contributed by atoms with Crippen LogP contribution in [0.5, 0.6) is 0 Å². The van der Waals surface area contributed by atoms with Crippen molar-refractivity contribution in [1.29, 1.82) is 0 Å². The number of hydrogen-bond donors (Lipinski definition) is 1. The molecule has 2 amide bonds. The first-order valence-corrected chi connectivity index (χ1v) is 12.3. The maximum Gasteiger partial charge on any atom is 0.247 e. The summed E-state index contributed by atoms with van der Waals surface area (Å²) in [5, 5.41) is 2.84. The molecule has 0 radical (unpaired) electrons. The molecule has 2 aliphatic heterocycles. The molecule has 1 N–H and O–H groups in total. The number of amides is 2. The zero-order valence-electron chi connectivity index (χ0n) is 17.4. The van der Waals surface area contributed by atoms with E-state index in [1.54, 1.807) is 23.1 Å².